The van der Waals surface area contributed by atoms with Gasteiger partial charge in [0.1, 0.15) is 6.61 Å². The second kappa shape index (κ2) is 7.82. The van der Waals surface area contributed by atoms with Gasteiger partial charge in [-0.2, -0.15) is 0 Å². The number of methoxy groups -OCH3 is 1. The Morgan fingerprint density at radius 3 is 2.63 bits per heavy atom. The molecule has 0 bridgehead atoms. The number of phenolic OH excluding ortho intramolecular Hbond substituents is 1. The number of aromatic hydroxyl groups is 1. The quantitative estimate of drug-likeness (QED) is 0.705. The van der Waals surface area contributed by atoms with E-state index in [0.717, 1.165) is 5.56 Å². The Morgan fingerprint density at radius 2 is 1.93 bits per heavy atom. The molecule has 7 heteroatoms. The van der Waals surface area contributed by atoms with Crippen LogP contribution in [0.3, 0.4) is 0 Å². The molecule has 27 heavy (non-hydrogen) atoms. The van der Waals surface area contributed by atoms with Crippen LogP contribution in [0, 0.1) is 0 Å². The van der Waals surface area contributed by atoms with Crippen molar-refractivity contribution >= 4 is 12.0 Å². The fraction of sp³-hybridized carbons (Fsp3) is 0.200. The van der Waals surface area contributed by atoms with Gasteiger partial charge in [0.05, 0.1) is 18.7 Å². The molecular weight excluding hydrogens is 348 g/mol. The number of rotatable bonds is 5. The van der Waals surface area contributed by atoms with E-state index < -0.39 is 18.0 Å². The molecule has 2 aromatic rings. The van der Waals surface area contributed by atoms with Gasteiger partial charge >= 0.3 is 12.0 Å². The fourth-order valence-corrected chi connectivity index (χ4v) is 2.89. The Balaban J connectivity index is 1.88. The number of nitrogens with one attached hydrogen (secondary N) is 2. The van der Waals surface area contributed by atoms with Gasteiger partial charge in [-0.3, -0.25) is 0 Å². The van der Waals surface area contributed by atoms with Crippen molar-refractivity contribution in [1.82, 2.24) is 10.6 Å². The van der Waals surface area contributed by atoms with Crippen molar-refractivity contribution in [2.24, 2.45) is 0 Å². The maximum Gasteiger partial charge on any atom is 0.338 e. The van der Waals surface area contributed by atoms with E-state index in [0.29, 0.717) is 16.8 Å². The van der Waals surface area contributed by atoms with Crippen LogP contribution in [-0.4, -0.2) is 24.2 Å². The van der Waals surface area contributed by atoms with Crippen molar-refractivity contribution < 1.29 is 24.2 Å². The summed E-state index contributed by atoms with van der Waals surface area (Å²) in [4.78, 5) is 24.7. The summed E-state index contributed by atoms with van der Waals surface area (Å²) in [6.07, 6.45) is 0. The number of urea groups is 1. The van der Waals surface area contributed by atoms with E-state index in [9.17, 15) is 14.7 Å². The van der Waals surface area contributed by atoms with Crippen LogP contribution in [0.1, 0.15) is 24.1 Å². The van der Waals surface area contributed by atoms with E-state index in [4.69, 9.17) is 9.47 Å². The molecule has 0 unspecified atom stereocenters. The number of ether oxygens (including phenoxy) is 2. The van der Waals surface area contributed by atoms with Gasteiger partial charge in [-0.15, -0.1) is 0 Å². The molecule has 0 radical (unpaired) electrons. The first kappa shape index (κ1) is 18.3. The minimum absolute atomic E-state index is 0.0320. The molecule has 0 saturated heterocycles. The minimum Gasteiger partial charge on any atom is -0.504 e. The molecule has 0 fully saturated rings. The lowest BCUT2D eigenvalue weighted by atomic mass is 9.95. The summed E-state index contributed by atoms with van der Waals surface area (Å²) in [5, 5.41) is 15.1. The zero-order chi connectivity index (χ0) is 19.4. The monoisotopic (exact) mass is 368 g/mol. The van der Waals surface area contributed by atoms with Crippen molar-refractivity contribution in [3.63, 3.8) is 0 Å². The van der Waals surface area contributed by atoms with Crippen molar-refractivity contribution in [3.8, 4) is 11.5 Å². The summed E-state index contributed by atoms with van der Waals surface area (Å²) < 4.78 is 10.6. The summed E-state index contributed by atoms with van der Waals surface area (Å²) >= 11 is 0. The van der Waals surface area contributed by atoms with Crippen LogP contribution in [0.5, 0.6) is 11.5 Å². The molecule has 1 atom stereocenters. The summed E-state index contributed by atoms with van der Waals surface area (Å²) in [7, 11) is 1.43. The average Bonchev–Trinajstić information content (AvgIpc) is 2.66. The van der Waals surface area contributed by atoms with Gasteiger partial charge in [0, 0.05) is 5.70 Å². The standard InChI is InChI=1S/C20H20N2O5/c1-12-17(19(24)27-11-13-6-4-3-5-7-13)18(22-20(25)21-12)14-8-9-15(23)16(10-14)26-2/h3-10,18,23H,11H2,1-2H3,(H2,21,22,25)/t18-/m1/s1. The van der Waals surface area contributed by atoms with Gasteiger partial charge in [-0.1, -0.05) is 36.4 Å². The third-order valence-corrected chi connectivity index (χ3v) is 4.24. The molecule has 3 N–H and O–H groups in total. The lowest BCUT2D eigenvalue weighted by Gasteiger charge is -2.28. The van der Waals surface area contributed by atoms with Crippen molar-refractivity contribution in [3.05, 3.63) is 70.9 Å². The Morgan fingerprint density at radius 1 is 1.19 bits per heavy atom. The molecule has 1 aliphatic heterocycles. The highest BCUT2D eigenvalue weighted by atomic mass is 16.5. The zero-order valence-corrected chi connectivity index (χ0v) is 15.0. The highest BCUT2D eigenvalue weighted by molar-refractivity contribution is 5.95. The SMILES string of the molecule is COc1cc([C@H]2NC(=O)NC(C)=C2C(=O)OCc2ccccc2)ccc1O. The normalized spacial score (nSPS) is 16.4. The number of esters is 1. The first-order valence-electron chi connectivity index (χ1n) is 8.36. The number of benzene rings is 2. The molecule has 0 aliphatic carbocycles. The number of amides is 2. The van der Waals surface area contributed by atoms with Gasteiger partial charge in [0.2, 0.25) is 0 Å². The molecule has 1 heterocycles. The highest BCUT2D eigenvalue weighted by Gasteiger charge is 2.32. The van der Waals surface area contributed by atoms with E-state index in [1.807, 2.05) is 30.3 Å². The van der Waals surface area contributed by atoms with Gasteiger partial charge in [0.15, 0.2) is 11.5 Å². The van der Waals surface area contributed by atoms with Crippen molar-refractivity contribution in [2.75, 3.05) is 7.11 Å². The topological polar surface area (TPSA) is 96.9 Å². The molecular formula is C20H20N2O5. The fourth-order valence-electron chi connectivity index (χ4n) is 2.89. The Labute approximate surface area is 156 Å². The Bertz CT molecular complexity index is 893. The molecule has 0 aromatic heterocycles. The first-order valence-corrected chi connectivity index (χ1v) is 8.36. The minimum atomic E-state index is -0.725. The van der Waals surface area contributed by atoms with Crippen LogP contribution >= 0.6 is 0 Å². The summed E-state index contributed by atoms with van der Waals surface area (Å²) in [5.74, 6) is -0.328. The molecule has 7 nitrogen and oxygen atoms in total. The average molecular weight is 368 g/mol. The van der Waals surface area contributed by atoms with Crippen molar-refractivity contribution in [1.29, 1.82) is 0 Å². The number of carbonyl (C=O) groups excluding carboxylic acids is 2. The van der Waals surface area contributed by atoms with Crippen LogP contribution in [0.4, 0.5) is 4.79 Å². The number of hydrogen-bond acceptors (Lipinski definition) is 5. The van der Waals surface area contributed by atoms with E-state index in [1.54, 1.807) is 19.1 Å². The maximum absolute atomic E-state index is 12.7. The van der Waals surface area contributed by atoms with E-state index in [-0.39, 0.29) is 18.1 Å². The predicted molar refractivity (Wildman–Crippen MR) is 98.0 cm³/mol. The lowest BCUT2D eigenvalue weighted by molar-refractivity contribution is -0.140. The van der Waals surface area contributed by atoms with E-state index >= 15 is 0 Å². The molecule has 0 spiro atoms. The van der Waals surface area contributed by atoms with Crippen LogP contribution in [0.25, 0.3) is 0 Å². The first-order chi connectivity index (χ1) is 13.0. The van der Waals surface area contributed by atoms with E-state index in [2.05, 4.69) is 10.6 Å². The van der Waals surface area contributed by atoms with Crippen molar-refractivity contribution in [2.45, 2.75) is 19.6 Å². The lowest BCUT2D eigenvalue weighted by Crippen LogP contribution is -2.45. The number of allylic oxidation sites excluding steroid dienone is 1. The van der Waals surface area contributed by atoms with E-state index in [1.165, 1.54) is 13.2 Å². The second-order valence-corrected chi connectivity index (χ2v) is 6.06. The molecule has 2 aromatic carbocycles. The maximum atomic E-state index is 12.7. The molecule has 2 amide bonds. The summed E-state index contributed by atoms with van der Waals surface area (Å²) in [6, 6.07) is 12.8. The molecule has 1 aliphatic rings. The largest absolute Gasteiger partial charge is 0.504 e. The Hall–Kier alpha value is -3.48. The molecule has 0 saturated carbocycles. The summed E-state index contributed by atoms with van der Waals surface area (Å²) in [6.45, 7) is 1.76. The third-order valence-electron chi connectivity index (χ3n) is 4.24. The second-order valence-electron chi connectivity index (χ2n) is 6.06. The van der Waals surface area contributed by atoms with Gasteiger partial charge in [0.25, 0.3) is 0 Å². The highest BCUT2D eigenvalue weighted by Crippen LogP contribution is 2.33. The smallest absolute Gasteiger partial charge is 0.338 e. The predicted octanol–water partition coefficient (Wildman–Crippen LogP) is 2.77. The number of hydrogen-bond donors (Lipinski definition) is 3. The van der Waals surface area contributed by atoms with Crippen LogP contribution in [0.2, 0.25) is 0 Å². The van der Waals surface area contributed by atoms with Crippen LogP contribution < -0.4 is 15.4 Å². The number of carbonyl (C=O) groups is 2. The van der Waals surface area contributed by atoms with Gasteiger partial charge < -0.3 is 25.2 Å². The zero-order valence-electron chi connectivity index (χ0n) is 15.0. The van der Waals surface area contributed by atoms with Gasteiger partial charge in [-0.05, 0) is 30.2 Å². The summed E-state index contributed by atoms with van der Waals surface area (Å²) in [5.41, 5.74) is 2.15. The van der Waals surface area contributed by atoms with Crippen LogP contribution in [-0.2, 0) is 16.1 Å². The molecule has 3 rings (SSSR count). The Kier molecular flexibility index (Phi) is 5.30. The molecule has 140 valence electrons. The van der Waals surface area contributed by atoms with Crippen LogP contribution in [0.15, 0.2) is 59.8 Å². The number of phenols is 1. The third kappa shape index (κ3) is 4.03. The van der Waals surface area contributed by atoms with Gasteiger partial charge in [-0.25, -0.2) is 9.59 Å².